The summed E-state index contributed by atoms with van der Waals surface area (Å²) in [5.74, 6) is -0.550. The number of aliphatic hydroxyl groups excluding tert-OH is 1. The van der Waals surface area contributed by atoms with Gasteiger partial charge in [0, 0.05) is 19.0 Å². The minimum absolute atomic E-state index is 0.0743. The van der Waals surface area contributed by atoms with Crippen molar-refractivity contribution < 1.29 is 19.8 Å². The second kappa shape index (κ2) is 5.37. The number of nitrogens with zero attached hydrogens (tertiary/aromatic N) is 1. The zero-order valence-corrected chi connectivity index (χ0v) is 11.5. The molecule has 3 atom stereocenters. The molecule has 0 aromatic heterocycles. The van der Waals surface area contributed by atoms with Crippen LogP contribution in [0.4, 0.5) is 10.5 Å². The first-order chi connectivity index (χ1) is 10.1. The first-order valence-electron chi connectivity index (χ1n) is 7.12. The molecule has 0 spiro atoms. The predicted octanol–water partition coefficient (Wildman–Crippen LogP) is 1.62. The van der Waals surface area contributed by atoms with Gasteiger partial charge in [0.1, 0.15) is 0 Å². The Morgan fingerprint density at radius 3 is 2.67 bits per heavy atom. The fourth-order valence-corrected chi connectivity index (χ4v) is 3.38. The molecule has 2 fully saturated rings. The van der Waals surface area contributed by atoms with Crippen LogP contribution in [-0.4, -0.2) is 46.3 Å². The third-order valence-electron chi connectivity index (χ3n) is 4.51. The number of rotatable bonds is 2. The van der Waals surface area contributed by atoms with Gasteiger partial charge in [0.15, 0.2) is 0 Å². The van der Waals surface area contributed by atoms with Crippen LogP contribution in [0.15, 0.2) is 24.3 Å². The number of aromatic carboxylic acids is 1. The van der Waals surface area contributed by atoms with Crippen molar-refractivity contribution in [1.82, 2.24) is 4.90 Å². The molecule has 1 heterocycles. The number of para-hydroxylation sites is 1. The highest BCUT2D eigenvalue weighted by Crippen LogP contribution is 2.38. The molecule has 3 unspecified atom stereocenters. The average Bonchev–Trinajstić information content (AvgIpc) is 3.02. The molecule has 2 aliphatic rings. The SMILES string of the molecule is O=C(O)c1ccccc1NC(=O)N1CC2CCC(O)C2C1. The maximum atomic E-state index is 12.3. The molecule has 21 heavy (non-hydrogen) atoms. The summed E-state index contributed by atoms with van der Waals surface area (Å²) >= 11 is 0. The van der Waals surface area contributed by atoms with Crippen molar-refractivity contribution >= 4 is 17.7 Å². The van der Waals surface area contributed by atoms with Gasteiger partial charge in [0.05, 0.1) is 17.4 Å². The van der Waals surface area contributed by atoms with E-state index in [0.29, 0.717) is 24.7 Å². The van der Waals surface area contributed by atoms with Crippen LogP contribution >= 0.6 is 0 Å². The monoisotopic (exact) mass is 290 g/mol. The number of benzene rings is 1. The van der Waals surface area contributed by atoms with E-state index in [0.717, 1.165) is 12.8 Å². The predicted molar refractivity (Wildman–Crippen MR) is 76.2 cm³/mol. The zero-order chi connectivity index (χ0) is 15.0. The van der Waals surface area contributed by atoms with Crippen molar-refractivity contribution in [2.45, 2.75) is 18.9 Å². The van der Waals surface area contributed by atoms with Crippen molar-refractivity contribution in [3.63, 3.8) is 0 Å². The molecule has 1 aliphatic heterocycles. The molecule has 1 aromatic carbocycles. The van der Waals surface area contributed by atoms with Gasteiger partial charge < -0.3 is 20.4 Å². The Balaban J connectivity index is 1.69. The molecule has 6 heteroatoms. The highest BCUT2D eigenvalue weighted by molar-refractivity contribution is 6.00. The van der Waals surface area contributed by atoms with E-state index in [-0.39, 0.29) is 23.6 Å². The van der Waals surface area contributed by atoms with E-state index < -0.39 is 5.97 Å². The fourth-order valence-electron chi connectivity index (χ4n) is 3.38. The second-order valence-corrected chi connectivity index (χ2v) is 5.75. The Bertz CT molecular complexity index is 575. The van der Waals surface area contributed by atoms with Gasteiger partial charge in [-0.3, -0.25) is 0 Å². The number of likely N-dealkylation sites (tertiary alicyclic amines) is 1. The van der Waals surface area contributed by atoms with Crippen LogP contribution in [0, 0.1) is 11.8 Å². The number of carboxylic acids is 1. The molecule has 3 N–H and O–H groups in total. The quantitative estimate of drug-likeness (QED) is 0.772. The summed E-state index contributed by atoms with van der Waals surface area (Å²) in [6.07, 6.45) is 1.44. The molecule has 1 aliphatic carbocycles. The van der Waals surface area contributed by atoms with Crippen molar-refractivity contribution in [2.24, 2.45) is 11.8 Å². The summed E-state index contributed by atoms with van der Waals surface area (Å²) in [5.41, 5.74) is 0.373. The molecule has 0 bridgehead atoms. The first kappa shape index (κ1) is 13.9. The maximum Gasteiger partial charge on any atom is 0.337 e. The molecule has 1 saturated carbocycles. The van der Waals surface area contributed by atoms with E-state index in [2.05, 4.69) is 5.32 Å². The average molecular weight is 290 g/mol. The molecular formula is C15H18N2O4. The van der Waals surface area contributed by atoms with Crippen LogP contribution in [-0.2, 0) is 0 Å². The minimum atomic E-state index is -1.07. The van der Waals surface area contributed by atoms with Gasteiger partial charge in [0.2, 0.25) is 0 Å². The van der Waals surface area contributed by atoms with E-state index >= 15 is 0 Å². The molecule has 0 radical (unpaired) electrons. The molecule has 3 rings (SSSR count). The van der Waals surface area contributed by atoms with E-state index in [9.17, 15) is 14.7 Å². The molecule has 2 amide bonds. The number of fused-ring (bicyclic) bond motifs is 1. The number of carbonyl (C=O) groups excluding carboxylic acids is 1. The summed E-state index contributed by atoms with van der Waals surface area (Å²) in [4.78, 5) is 25.1. The Hall–Kier alpha value is -2.08. The van der Waals surface area contributed by atoms with E-state index in [1.54, 1.807) is 23.1 Å². The number of hydrogen-bond acceptors (Lipinski definition) is 3. The molecule has 112 valence electrons. The number of carboxylic acid groups (broad SMARTS) is 1. The number of anilines is 1. The standard InChI is InChI=1S/C15H18N2O4/c18-13-6-5-9-7-17(8-11(9)13)15(21)16-12-4-2-1-3-10(12)14(19)20/h1-4,9,11,13,18H,5-8H2,(H,16,21)(H,19,20). The van der Waals surface area contributed by atoms with E-state index in [4.69, 9.17) is 5.11 Å². The lowest BCUT2D eigenvalue weighted by molar-refractivity contribution is 0.0698. The van der Waals surface area contributed by atoms with E-state index in [1.165, 1.54) is 6.07 Å². The van der Waals surface area contributed by atoms with Crippen LogP contribution in [0.5, 0.6) is 0 Å². The van der Waals surface area contributed by atoms with Gasteiger partial charge in [-0.1, -0.05) is 12.1 Å². The lowest BCUT2D eigenvalue weighted by Crippen LogP contribution is -2.35. The maximum absolute atomic E-state index is 12.3. The highest BCUT2D eigenvalue weighted by atomic mass is 16.4. The highest BCUT2D eigenvalue weighted by Gasteiger charge is 2.43. The Kier molecular flexibility index (Phi) is 3.55. The van der Waals surface area contributed by atoms with Crippen molar-refractivity contribution in [3.05, 3.63) is 29.8 Å². The summed E-state index contributed by atoms with van der Waals surface area (Å²) < 4.78 is 0. The number of nitrogens with one attached hydrogen (secondary N) is 1. The zero-order valence-electron chi connectivity index (χ0n) is 11.5. The number of amides is 2. The van der Waals surface area contributed by atoms with Gasteiger partial charge in [-0.05, 0) is 30.9 Å². The van der Waals surface area contributed by atoms with Gasteiger partial charge in [-0.15, -0.1) is 0 Å². The summed E-state index contributed by atoms with van der Waals surface area (Å²) in [5, 5.41) is 21.6. The van der Waals surface area contributed by atoms with Crippen LogP contribution in [0.2, 0.25) is 0 Å². The molecule has 6 nitrogen and oxygen atoms in total. The lowest BCUT2D eigenvalue weighted by atomic mass is 10.00. The van der Waals surface area contributed by atoms with Gasteiger partial charge in [-0.2, -0.15) is 0 Å². The molecule has 1 aromatic rings. The van der Waals surface area contributed by atoms with Crippen LogP contribution in [0.1, 0.15) is 23.2 Å². The van der Waals surface area contributed by atoms with Crippen LogP contribution < -0.4 is 5.32 Å². The summed E-state index contributed by atoms with van der Waals surface area (Å²) in [6, 6.07) is 6.04. The smallest absolute Gasteiger partial charge is 0.337 e. The van der Waals surface area contributed by atoms with Gasteiger partial charge in [0.25, 0.3) is 0 Å². The number of urea groups is 1. The Morgan fingerprint density at radius 2 is 1.95 bits per heavy atom. The second-order valence-electron chi connectivity index (χ2n) is 5.75. The fraction of sp³-hybridized carbons (Fsp3) is 0.467. The summed E-state index contributed by atoms with van der Waals surface area (Å²) in [6.45, 7) is 1.16. The third-order valence-corrected chi connectivity index (χ3v) is 4.51. The molecule has 1 saturated heterocycles. The van der Waals surface area contributed by atoms with Gasteiger partial charge in [-0.25, -0.2) is 9.59 Å². The first-order valence-corrected chi connectivity index (χ1v) is 7.12. The van der Waals surface area contributed by atoms with Crippen LogP contribution in [0.3, 0.4) is 0 Å². The molecular weight excluding hydrogens is 272 g/mol. The van der Waals surface area contributed by atoms with Crippen molar-refractivity contribution in [1.29, 1.82) is 0 Å². The van der Waals surface area contributed by atoms with Crippen molar-refractivity contribution in [2.75, 3.05) is 18.4 Å². The number of aliphatic hydroxyl groups is 1. The van der Waals surface area contributed by atoms with Crippen LogP contribution in [0.25, 0.3) is 0 Å². The summed E-state index contributed by atoms with van der Waals surface area (Å²) in [7, 11) is 0. The number of carbonyl (C=O) groups is 2. The van der Waals surface area contributed by atoms with E-state index in [1.807, 2.05) is 0 Å². The topological polar surface area (TPSA) is 89.9 Å². The third kappa shape index (κ3) is 2.58. The largest absolute Gasteiger partial charge is 0.478 e. The Labute approximate surface area is 122 Å². The Morgan fingerprint density at radius 1 is 1.19 bits per heavy atom. The number of hydrogen-bond donors (Lipinski definition) is 3. The van der Waals surface area contributed by atoms with Gasteiger partial charge >= 0.3 is 12.0 Å². The van der Waals surface area contributed by atoms with Crippen molar-refractivity contribution in [3.8, 4) is 0 Å². The minimum Gasteiger partial charge on any atom is -0.478 e. The normalized spacial score (nSPS) is 27.5. The lowest BCUT2D eigenvalue weighted by Gasteiger charge is -2.19.